The number of aromatic nitrogens is 3. The van der Waals surface area contributed by atoms with Crippen molar-refractivity contribution in [1.29, 1.82) is 0 Å². The summed E-state index contributed by atoms with van der Waals surface area (Å²) in [4.78, 5) is 33.3. The topological polar surface area (TPSA) is 86.1 Å². The number of carbonyl (C=O) groups excluding carboxylic acids is 1. The Labute approximate surface area is 151 Å². The van der Waals surface area contributed by atoms with Gasteiger partial charge in [0.1, 0.15) is 12.1 Å². The van der Waals surface area contributed by atoms with E-state index in [-0.39, 0.29) is 18.3 Å². The molecule has 7 nitrogen and oxygen atoms in total. The SMILES string of the molecule is CCOc1nc2cccnc2n(CC(=O)Nc2ccc(Br)cc2)c1=O. The van der Waals surface area contributed by atoms with E-state index in [4.69, 9.17) is 4.74 Å². The normalized spacial score (nSPS) is 10.6. The summed E-state index contributed by atoms with van der Waals surface area (Å²) in [6, 6.07) is 10.6. The largest absolute Gasteiger partial charge is 0.474 e. The van der Waals surface area contributed by atoms with Crippen LogP contribution in [0.3, 0.4) is 0 Å². The minimum atomic E-state index is -0.487. The third kappa shape index (κ3) is 3.85. The Balaban J connectivity index is 1.94. The number of anilines is 1. The van der Waals surface area contributed by atoms with Gasteiger partial charge in [-0.15, -0.1) is 0 Å². The average molecular weight is 403 g/mol. The molecule has 8 heteroatoms. The van der Waals surface area contributed by atoms with Crippen LogP contribution in [0.15, 0.2) is 51.9 Å². The van der Waals surface area contributed by atoms with Crippen molar-refractivity contribution in [2.24, 2.45) is 0 Å². The molecule has 0 spiro atoms. The van der Waals surface area contributed by atoms with Crippen LogP contribution in [0.5, 0.6) is 5.88 Å². The second kappa shape index (κ2) is 7.43. The van der Waals surface area contributed by atoms with Crippen molar-refractivity contribution in [2.45, 2.75) is 13.5 Å². The molecule has 0 aliphatic heterocycles. The van der Waals surface area contributed by atoms with Crippen molar-refractivity contribution in [3.05, 3.63) is 57.4 Å². The number of nitrogens with zero attached hydrogens (tertiary/aromatic N) is 3. The molecule has 1 amide bonds. The Morgan fingerprint density at radius 3 is 2.76 bits per heavy atom. The Hall–Kier alpha value is -2.74. The van der Waals surface area contributed by atoms with E-state index in [1.54, 1.807) is 37.4 Å². The van der Waals surface area contributed by atoms with Gasteiger partial charge in [0, 0.05) is 16.4 Å². The number of benzene rings is 1. The summed E-state index contributed by atoms with van der Waals surface area (Å²) in [6.45, 7) is 1.88. The Kier molecular flexibility index (Phi) is 5.08. The van der Waals surface area contributed by atoms with E-state index in [0.29, 0.717) is 23.5 Å². The fourth-order valence-electron chi connectivity index (χ4n) is 2.31. The smallest absolute Gasteiger partial charge is 0.315 e. The monoisotopic (exact) mass is 402 g/mol. The standard InChI is InChI=1S/C17H15BrN4O3/c1-2-25-16-17(24)22(15-13(21-16)4-3-9-19-15)10-14(23)20-12-7-5-11(18)6-8-12/h3-9H,2,10H2,1H3,(H,20,23). The molecule has 0 unspecified atom stereocenters. The number of pyridine rings is 1. The number of ether oxygens (including phenoxy) is 1. The molecule has 0 atom stereocenters. The molecule has 0 saturated heterocycles. The zero-order chi connectivity index (χ0) is 17.8. The number of carbonyl (C=O) groups is 1. The summed E-state index contributed by atoms with van der Waals surface area (Å²) in [6.07, 6.45) is 1.55. The first kappa shape index (κ1) is 17.1. The average Bonchev–Trinajstić information content (AvgIpc) is 2.61. The van der Waals surface area contributed by atoms with E-state index in [9.17, 15) is 9.59 Å². The molecule has 1 aromatic carbocycles. The lowest BCUT2D eigenvalue weighted by atomic mass is 10.3. The summed E-state index contributed by atoms with van der Waals surface area (Å²) < 4.78 is 7.46. The fourth-order valence-corrected chi connectivity index (χ4v) is 2.57. The van der Waals surface area contributed by atoms with Gasteiger partial charge in [-0.25, -0.2) is 9.97 Å². The van der Waals surface area contributed by atoms with E-state index in [0.717, 1.165) is 4.47 Å². The van der Waals surface area contributed by atoms with Crippen LogP contribution < -0.4 is 15.6 Å². The molecular formula is C17H15BrN4O3. The van der Waals surface area contributed by atoms with Gasteiger partial charge in [0.2, 0.25) is 5.91 Å². The minimum absolute atomic E-state index is 0.0422. The number of fused-ring (bicyclic) bond motifs is 1. The number of hydrogen-bond acceptors (Lipinski definition) is 5. The van der Waals surface area contributed by atoms with Crippen LogP contribution in [0.25, 0.3) is 11.2 Å². The van der Waals surface area contributed by atoms with Crippen molar-refractivity contribution in [3.8, 4) is 5.88 Å². The molecule has 0 saturated carbocycles. The number of halogens is 1. The lowest BCUT2D eigenvalue weighted by molar-refractivity contribution is -0.116. The highest BCUT2D eigenvalue weighted by Crippen LogP contribution is 2.15. The predicted molar refractivity (Wildman–Crippen MR) is 97.7 cm³/mol. The molecule has 3 aromatic rings. The number of rotatable bonds is 5. The second-order valence-electron chi connectivity index (χ2n) is 5.14. The summed E-state index contributed by atoms with van der Waals surface area (Å²) in [7, 11) is 0. The lowest BCUT2D eigenvalue weighted by Gasteiger charge is -2.11. The molecule has 0 aliphatic carbocycles. The number of nitrogens with one attached hydrogen (secondary N) is 1. The molecule has 2 aromatic heterocycles. The van der Waals surface area contributed by atoms with Crippen LogP contribution in [-0.4, -0.2) is 27.0 Å². The van der Waals surface area contributed by atoms with E-state index >= 15 is 0 Å². The molecule has 0 radical (unpaired) electrons. The summed E-state index contributed by atoms with van der Waals surface area (Å²) >= 11 is 3.34. The van der Waals surface area contributed by atoms with E-state index in [1.807, 2.05) is 12.1 Å². The maximum Gasteiger partial charge on any atom is 0.315 e. The van der Waals surface area contributed by atoms with E-state index in [1.165, 1.54) is 4.57 Å². The van der Waals surface area contributed by atoms with Crippen molar-refractivity contribution in [1.82, 2.24) is 14.5 Å². The first-order valence-corrected chi connectivity index (χ1v) is 8.41. The highest BCUT2D eigenvalue weighted by molar-refractivity contribution is 9.10. The first-order chi connectivity index (χ1) is 12.1. The van der Waals surface area contributed by atoms with Crippen molar-refractivity contribution in [3.63, 3.8) is 0 Å². The van der Waals surface area contributed by atoms with Gasteiger partial charge < -0.3 is 10.1 Å². The molecule has 0 bridgehead atoms. The van der Waals surface area contributed by atoms with Crippen LogP contribution in [0.1, 0.15) is 6.92 Å². The van der Waals surface area contributed by atoms with Crippen molar-refractivity contribution in [2.75, 3.05) is 11.9 Å². The van der Waals surface area contributed by atoms with Crippen molar-refractivity contribution < 1.29 is 9.53 Å². The van der Waals surface area contributed by atoms with Crippen LogP contribution in [0.4, 0.5) is 5.69 Å². The van der Waals surface area contributed by atoms with Crippen LogP contribution in [0.2, 0.25) is 0 Å². The van der Waals surface area contributed by atoms with Gasteiger partial charge in [-0.05, 0) is 43.3 Å². The molecule has 0 aliphatic rings. The summed E-state index contributed by atoms with van der Waals surface area (Å²) in [5, 5.41) is 2.75. The van der Waals surface area contributed by atoms with Gasteiger partial charge in [0.25, 0.3) is 5.88 Å². The van der Waals surface area contributed by atoms with Crippen molar-refractivity contribution >= 4 is 38.7 Å². The summed E-state index contributed by atoms with van der Waals surface area (Å²) in [5.74, 6) is -0.385. The number of amides is 1. The molecule has 25 heavy (non-hydrogen) atoms. The van der Waals surface area contributed by atoms with Crippen LogP contribution in [-0.2, 0) is 11.3 Å². The van der Waals surface area contributed by atoms with E-state index < -0.39 is 5.56 Å². The number of hydrogen-bond donors (Lipinski definition) is 1. The quantitative estimate of drug-likeness (QED) is 0.708. The van der Waals surface area contributed by atoms with Gasteiger partial charge in [-0.3, -0.25) is 14.2 Å². The fraction of sp³-hybridized carbons (Fsp3) is 0.176. The zero-order valence-corrected chi connectivity index (χ0v) is 15.0. The Bertz CT molecular complexity index is 970. The van der Waals surface area contributed by atoms with Gasteiger partial charge in [0.05, 0.1) is 6.61 Å². The maximum atomic E-state index is 12.6. The van der Waals surface area contributed by atoms with Gasteiger partial charge in [0.15, 0.2) is 5.65 Å². The molecule has 1 N–H and O–H groups in total. The lowest BCUT2D eigenvalue weighted by Crippen LogP contribution is -2.30. The minimum Gasteiger partial charge on any atom is -0.474 e. The third-order valence-corrected chi connectivity index (χ3v) is 3.91. The molecule has 3 rings (SSSR count). The molecular weight excluding hydrogens is 388 g/mol. The van der Waals surface area contributed by atoms with Gasteiger partial charge in [-0.1, -0.05) is 15.9 Å². The predicted octanol–water partition coefficient (Wildman–Crippen LogP) is 2.59. The van der Waals surface area contributed by atoms with E-state index in [2.05, 4.69) is 31.2 Å². The zero-order valence-electron chi connectivity index (χ0n) is 13.4. The summed E-state index contributed by atoms with van der Waals surface area (Å²) in [5.41, 5.74) is 0.973. The van der Waals surface area contributed by atoms with Crippen LogP contribution in [0, 0.1) is 0 Å². The Morgan fingerprint density at radius 2 is 2.04 bits per heavy atom. The third-order valence-electron chi connectivity index (χ3n) is 3.38. The highest BCUT2D eigenvalue weighted by atomic mass is 79.9. The molecule has 128 valence electrons. The Morgan fingerprint density at radius 1 is 1.28 bits per heavy atom. The van der Waals surface area contributed by atoms with Crippen LogP contribution >= 0.6 is 15.9 Å². The molecule has 0 fully saturated rings. The van der Waals surface area contributed by atoms with Gasteiger partial charge >= 0.3 is 5.56 Å². The van der Waals surface area contributed by atoms with Gasteiger partial charge in [-0.2, -0.15) is 0 Å². The second-order valence-corrected chi connectivity index (χ2v) is 6.06. The maximum absolute atomic E-state index is 12.6. The molecule has 2 heterocycles. The highest BCUT2D eigenvalue weighted by Gasteiger charge is 2.15. The first-order valence-electron chi connectivity index (χ1n) is 7.62.